The lowest BCUT2D eigenvalue weighted by Gasteiger charge is -2.46. The standard InChI is InChI=1S/C68H123NO13/c1-3-5-7-9-11-13-15-17-19-21-22-23-24-25-26-27-28-29-30-31-32-33-34-35-36-37-39-41-43-45-47-49-51-57(72)56(69-60(73)52-50-48-46-44-42-40-38-20-18-16-14-12-10-8-6-4-2)55-79-67-65(78)63(76)66(59(54-71)81-67)82-68-64(77)62(75)61(74)58(53-70)80-68/h14,16,20,35-36,38,41,43,49,51,56-59,61-68,70-72,74-78H,3-13,15,17-19,21-34,37,39-40,42,44-48,50,52-55H2,1-2H3,(H,69,73)/b16-14-,36-35+,38-20-,43-41+,51-49+. The molecule has 0 aliphatic carbocycles. The van der Waals surface area contributed by atoms with E-state index < -0.39 is 86.8 Å². The normalized spacial score (nSPS) is 24.3. The lowest BCUT2D eigenvalue weighted by molar-refractivity contribution is -0.359. The molecule has 14 heteroatoms. The number of amides is 1. The molecule has 2 aliphatic rings. The number of nitrogens with one attached hydrogen (secondary N) is 1. The number of aliphatic hydroxyl groups excluding tert-OH is 8. The van der Waals surface area contributed by atoms with E-state index in [2.05, 4.69) is 67.8 Å². The van der Waals surface area contributed by atoms with Gasteiger partial charge in [-0.15, -0.1) is 0 Å². The van der Waals surface area contributed by atoms with Crippen molar-refractivity contribution in [1.29, 1.82) is 0 Å². The second-order valence-electron chi connectivity index (χ2n) is 23.6. The predicted octanol–water partition coefficient (Wildman–Crippen LogP) is 12.9. The van der Waals surface area contributed by atoms with E-state index in [1.54, 1.807) is 6.08 Å². The van der Waals surface area contributed by atoms with Gasteiger partial charge >= 0.3 is 0 Å². The van der Waals surface area contributed by atoms with Gasteiger partial charge < -0.3 is 65.1 Å². The van der Waals surface area contributed by atoms with Crippen molar-refractivity contribution in [3.63, 3.8) is 0 Å². The Bertz CT molecular complexity index is 1610. The van der Waals surface area contributed by atoms with Gasteiger partial charge in [0.1, 0.15) is 48.8 Å². The van der Waals surface area contributed by atoms with E-state index in [-0.39, 0.29) is 18.9 Å². The molecule has 0 aromatic carbocycles. The summed E-state index contributed by atoms with van der Waals surface area (Å²) in [5, 5.41) is 87.2. The molecule has 0 aromatic heterocycles. The minimum Gasteiger partial charge on any atom is -0.394 e. The van der Waals surface area contributed by atoms with E-state index >= 15 is 0 Å². The van der Waals surface area contributed by atoms with Crippen LogP contribution >= 0.6 is 0 Å². The summed E-state index contributed by atoms with van der Waals surface area (Å²) in [5.74, 6) is -0.267. The summed E-state index contributed by atoms with van der Waals surface area (Å²) in [6.45, 7) is 2.76. The van der Waals surface area contributed by atoms with E-state index in [1.165, 1.54) is 167 Å². The first-order chi connectivity index (χ1) is 40.1. The second kappa shape index (κ2) is 53.0. The number of hydrogen-bond acceptors (Lipinski definition) is 13. The van der Waals surface area contributed by atoms with Crippen molar-refractivity contribution in [1.82, 2.24) is 5.32 Å². The molecule has 2 heterocycles. The summed E-state index contributed by atoms with van der Waals surface area (Å²) in [5.41, 5.74) is 0. The van der Waals surface area contributed by atoms with Crippen LogP contribution in [0.25, 0.3) is 0 Å². The first-order valence-corrected chi connectivity index (χ1v) is 33.5. The number of ether oxygens (including phenoxy) is 4. The molecule has 0 radical (unpaired) electrons. The Morgan fingerprint density at radius 3 is 1.28 bits per heavy atom. The second-order valence-corrected chi connectivity index (χ2v) is 23.6. The molecule has 478 valence electrons. The number of carbonyl (C=O) groups is 1. The van der Waals surface area contributed by atoms with E-state index in [4.69, 9.17) is 18.9 Å². The van der Waals surface area contributed by atoms with E-state index in [9.17, 15) is 45.6 Å². The summed E-state index contributed by atoms with van der Waals surface area (Å²) < 4.78 is 22.8. The van der Waals surface area contributed by atoms with Crippen LogP contribution in [0.1, 0.15) is 271 Å². The maximum atomic E-state index is 13.3. The quantitative estimate of drug-likeness (QED) is 0.0204. The summed E-state index contributed by atoms with van der Waals surface area (Å²) in [4.78, 5) is 13.3. The van der Waals surface area contributed by atoms with Crippen LogP contribution in [-0.2, 0) is 23.7 Å². The van der Waals surface area contributed by atoms with Crippen molar-refractivity contribution in [2.45, 2.75) is 344 Å². The highest BCUT2D eigenvalue weighted by Crippen LogP contribution is 2.30. The van der Waals surface area contributed by atoms with Crippen molar-refractivity contribution >= 4 is 5.91 Å². The van der Waals surface area contributed by atoms with Gasteiger partial charge in [0.2, 0.25) is 5.91 Å². The molecule has 0 spiro atoms. The minimum atomic E-state index is -1.80. The number of allylic oxidation sites excluding steroid dienone is 9. The Labute approximate surface area is 498 Å². The molecule has 9 N–H and O–H groups in total. The lowest BCUT2D eigenvalue weighted by atomic mass is 9.97. The first-order valence-electron chi connectivity index (χ1n) is 33.5. The molecular formula is C68H123NO13. The van der Waals surface area contributed by atoms with Crippen LogP contribution in [0.15, 0.2) is 60.8 Å². The Hall–Kier alpha value is -2.31. The highest BCUT2D eigenvalue weighted by atomic mass is 16.7. The number of rotatable bonds is 54. The molecule has 0 aromatic rings. The molecule has 2 rings (SSSR count). The summed E-state index contributed by atoms with van der Waals surface area (Å²) in [6, 6.07) is -0.948. The van der Waals surface area contributed by atoms with Crippen LogP contribution < -0.4 is 5.32 Å². The molecule has 0 bridgehead atoms. The van der Waals surface area contributed by atoms with Crippen LogP contribution in [0.2, 0.25) is 0 Å². The fraction of sp³-hybridized carbons (Fsp3) is 0.838. The fourth-order valence-corrected chi connectivity index (χ4v) is 10.8. The Morgan fingerprint density at radius 2 is 0.817 bits per heavy atom. The fourth-order valence-electron chi connectivity index (χ4n) is 10.8. The minimum absolute atomic E-state index is 0.252. The van der Waals surface area contributed by atoms with Crippen LogP contribution in [0.3, 0.4) is 0 Å². The van der Waals surface area contributed by atoms with Crippen molar-refractivity contribution in [3.8, 4) is 0 Å². The molecule has 82 heavy (non-hydrogen) atoms. The lowest BCUT2D eigenvalue weighted by Crippen LogP contribution is -2.65. The molecule has 12 unspecified atom stereocenters. The average molecular weight is 1160 g/mol. The predicted molar refractivity (Wildman–Crippen MR) is 332 cm³/mol. The zero-order valence-electron chi connectivity index (χ0n) is 51.7. The molecule has 2 fully saturated rings. The summed E-state index contributed by atoms with van der Waals surface area (Å²) >= 11 is 0. The molecule has 14 nitrogen and oxygen atoms in total. The maximum Gasteiger partial charge on any atom is 0.220 e. The van der Waals surface area contributed by atoms with Crippen LogP contribution in [0, 0.1) is 0 Å². The third-order valence-corrected chi connectivity index (χ3v) is 16.2. The average Bonchev–Trinajstić information content (AvgIpc) is 3.53. The third kappa shape index (κ3) is 37.3. The van der Waals surface area contributed by atoms with Gasteiger partial charge in [0.25, 0.3) is 0 Å². The molecular weight excluding hydrogens is 1040 g/mol. The van der Waals surface area contributed by atoms with E-state index in [0.717, 1.165) is 70.6 Å². The highest BCUT2D eigenvalue weighted by Gasteiger charge is 2.51. The van der Waals surface area contributed by atoms with Gasteiger partial charge in [-0.05, 0) is 77.0 Å². The molecule has 1 amide bonds. The van der Waals surface area contributed by atoms with Gasteiger partial charge in [-0.2, -0.15) is 0 Å². The molecule has 2 saturated heterocycles. The summed E-state index contributed by atoms with van der Waals surface area (Å²) in [7, 11) is 0. The van der Waals surface area contributed by atoms with Crippen LogP contribution in [0.4, 0.5) is 0 Å². The van der Waals surface area contributed by atoms with Crippen LogP contribution in [0.5, 0.6) is 0 Å². The van der Waals surface area contributed by atoms with Gasteiger partial charge in [0.15, 0.2) is 12.6 Å². The summed E-state index contributed by atoms with van der Waals surface area (Å²) in [6.07, 6.45) is 52.9. The highest BCUT2D eigenvalue weighted by molar-refractivity contribution is 5.76. The monoisotopic (exact) mass is 1160 g/mol. The Balaban J connectivity index is 1.70. The molecule has 0 saturated carbocycles. The van der Waals surface area contributed by atoms with Crippen molar-refractivity contribution < 1.29 is 64.6 Å². The third-order valence-electron chi connectivity index (χ3n) is 16.2. The number of unbranched alkanes of at least 4 members (excludes halogenated alkanes) is 33. The number of hydrogen-bond donors (Lipinski definition) is 9. The van der Waals surface area contributed by atoms with Gasteiger partial charge in [-0.25, -0.2) is 0 Å². The Kier molecular flexibility index (Phi) is 49.0. The Morgan fingerprint density at radius 1 is 0.439 bits per heavy atom. The number of aliphatic hydroxyl groups is 8. The SMILES string of the molecule is CCCCCC/C=C\C/C=C\CCCCCCCC(=O)NC(COC1OC(CO)C(OC2OC(CO)C(O)C(O)C2O)C(O)C1O)C(O)/C=C/CC/C=C/CC/C=C/CCCCCCCCCCCCCCCCCCCCCCCC. The van der Waals surface area contributed by atoms with Gasteiger partial charge in [0.05, 0.1) is 32.0 Å². The zero-order valence-corrected chi connectivity index (χ0v) is 51.7. The topological polar surface area (TPSA) is 228 Å². The van der Waals surface area contributed by atoms with E-state index in [1.807, 2.05) is 6.08 Å². The maximum absolute atomic E-state index is 13.3. The van der Waals surface area contributed by atoms with Crippen molar-refractivity contribution in [3.05, 3.63) is 60.8 Å². The molecule has 12 atom stereocenters. The van der Waals surface area contributed by atoms with Crippen molar-refractivity contribution in [2.24, 2.45) is 0 Å². The largest absolute Gasteiger partial charge is 0.394 e. The zero-order chi connectivity index (χ0) is 59.5. The van der Waals surface area contributed by atoms with E-state index in [0.29, 0.717) is 12.8 Å². The van der Waals surface area contributed by atoms with Gasteiger partial charge in [0, 0.05) is 6.42 Å². The van der Waals surface area contributed by atoms with Crippen molar-refractivity contribution in [2.75, 3.05) is 19.8 Å². The smallest absolute Gasteiger partial charge is 0.220 e. The van der Waals surface area contributed by atoms with Crippen LogP contribution in [-0.4, -0.2) is 140 Å². The molecule has 2 aliphatic heterocycles. The van der Waals surface area contributed by atoms with Gasteiger partial charge in [-0.3, -0.25) is 4.79 Å². The van der Waals surface area contributed by atoms with Gasteiger partial charge in [-0.1, -0.05) is 248 Å². The first kappa shape index (κ1) is 75.8. The number of carbonyl (C=O) groups excluding carboxylic acids is 1.